The summed E-state index contributed by atoms with van der Waals surface area (Å²) < 4.78 is 63.5. The van der Waals surface area contributed by atoms with E-state index in [0.29, 0.717) is 34.8 Å². The molecule has 7 rings (SSSR count). The standard InChI is InChI=1S/C27H23F2N5O3/c1-27(30)12-36-20-9-14(11-31-24(20)27)13-6-7-34-17(8-13)22-16-10-18(23(22)32-34)33(2)25(35)15-4-3-5-19(21(15)16)37-26(28)29/h3-9,11,16,18,26H,10,12,30H2,1-2H3/t16-,18-,27+/m1/s1/i2D3. The molecule has 5 heterocycles. The van der Waals surface area contributed by atoms with Gasteiger partial charge in [0.05, 0.1) is 22.8 Å². The molecule has 0 fully saturated rings. The first-order chi connectivity index (χ1) is 18.9. The highest BCUT2D eigenvalue weighted by atomic mass is 19.3. The summed E-state index contributed by atoms with van der Waals surface area (Å²) in [5, 5.41) is 4.68. The second-order valence-electron chi connectivity index (χ2n) is 9.90. The SMILES string of the molecule is [2H]C([2H])([2H])N1C(=O)c2cccc(OC(F)F)c2[C@H]2C[C@@H]1c1nn3ccc(-c4cnc5c(c4)OC[C@]5(C)N)cc3c12. The van der Waals surface area contributed by atoms with Crippen LogP contribution in [0, 0.1) is 0 Å². The molecule has 0 unspecified atom stereocenters. The number of hydrogen-bond donors (Lipinski definition) is 1. The molecule has 0 saturated carbocycles. The van der Waals surface area contributed by atoms with Crippen molar-refractivity contribution >= 4 is 11.4 Å². The van der Waals surface area contributed by atoms with Gasteiger partial charge in [0.1, 0.15) is 23.8 Å². The Morgan fingerprint density at radius 2 is 2.14 bits per heavy atom. The number of alkyl halides is 2. The number of amides is 1. The molecule has 8 nitrogen and oxygen atoms in total. The first-order valence-corrected chi connectivity index (χ1v) is 11.8. The summed E-state index contributed by atoms with van der Waals surface area (Å²) in [6.45, 7) is -3.74. The molecule has 3 aromatic heterocycles. The molecule has 10 heteroatoms. The Balaban J connectivity index is 1.43. The first kappa shape index (κ1) is 19.1. The summed E-state index contributed by atoms with van der Waals surface area (Å²) in [6.07, 6.45) is 3.62. The van der Waals surface area contributed by atoms with E-state index in [4.69, 9.17) is 19.3 Å². The molecule has 37 heavy (non-hydrogen) atoms. The van der Waals surface area contributed by atoms with Gasteiger partial charge in [0, 0.05) is 51.7 Å². The van der Waals surface area contributed by atoms with Crippen molar-refractivity contribution in [2.24, 2.45) is 5.73 Å². The van der Waals surface area contributed by atoms with Gasteiger partial charge in [-0.25, -0.2) is 4.52 Å². The molecule has 2 aliphatic heterocycles. The molecule has 0 spiro atoms. The van der Waals surface area contributed by atoms with Crippen LogP contribution in [0.1, 0.15) is 62.3 Å². The smallest absolute Gasteiger partial charge is 0.387 e. The zero-order valence-electron chi connectivity index (χ0n) is 22.6. The van der Waals surface area contributed by atoms with Crippen LogP contribution in [0.15, 0.2) is 48.8 Å². The molecule has 2 bridgehead atoms. The minimum Gasteiger partial charge on any atom is -0.489 e. The van der Waals surface area contributed by atoms with Gasteiger partial charge in [0.2, 0.25) is 0 Å². The van der Waals surface area contributed by atoms with Crippen LogP contribution in [0.4, 0.5) is 8.78 Å². The van der Waals surface area contributed by atoms with Gasteiger partial charge in [-0.2, -0.15) is 13.9 Å². The van der Waals surface area contributed by atoms with Gasteiger partial charge in [-0.15, -0.1) is 0 Å². The highest BCUT2D eigenvalue weighted by Gasteiger charge is 2.46. The summed E-state index contributed by atoms with van der Waals surface area (Å²) >= 11 is 0. The molecule has 3 atom stereocenters. The number of benzene rings is 1. The molecular formula is C27H23F2N5O3. The van der Waals surface area contributed by atoms with Gasteiger partial charge in [-0.1, -0.05) is 6.07 Å². The van der Waals surface area contributed by atoms with Crippen molar-refractivity contribution in [3.05, 3.63) is 76.9 Å². The molecule has 2 N–H and O–H groups in total. The predicted molar refractivity (Wildman–Crippen MR) is 130 cm³/mol. The van der Waals surface area contributed by atoms with Crippen LogP contribution in [0.3, 0.4) is 0 Å². The van der Waals surface area contributed by atoms with Crippen molar-refractivity contribution in [2.75, 3.05) is 13.6 Å². The third-order valence-corrected chi connectivity index (χ3v) is 7.47. The van der Waals surface area contributed by atoms with Crippen molar-refractivity contribution in [2.45, 2.75) is 37.5 Å². The fraction of sp³-hybridized carbons (Fsp3) is 0.296. The number of pyridine rings is 2. The van der Waals surface area contributed by atoms with Crippen LogP contribution in [-0.2, 0) is 5.54 Å². The normalized spacial score (nSPS) is 25.2. The van der Waals surface area contributed by atoms with Gasteiger partial charge >= 0.3 is 6.61 Å². The molecule has 4 aromatic rings. The number of aromatic nitrogens is 3. The lowest BCUT2D eigenvalue weighted by atomic mass is 9.88. The summed E-state index contributed by atoms with van der Waals surface area (Å²) in [5.41, 5.74) is 9.82. The maximum Gasteiger partial charge on any atom is 0.387 e. The van der Waals surface area contributed by atoms with E-state index in [-0.39, 0.29) is 23.3 Å². The number of nitrogens with two attached hydrogens (primary N) is 1. The Morgan fingerprint density at radius 1 is 1.27 bits per heavy atom. The van der Waals surface area contributed by atoms with Crippen molar-refractivity contribution in [3.8, 4) is 22.6 Å². The topological polar surface area (TPSA) is 95.0 Å². The average Bonchev–Trinajstić information content (AvgIpc) is 3.49. The number of rotatable bonds is 3. The van der Waals surface area contributed by atoms with Crippen LogP contribution in [0.2, 0.25) is 0 Å². The van der Waals surface area contributed by atoms with Gasteiger partial charge in [0.25, 0.3) is 5.91 Å². The monoisotopic (exact) mass is 506 g/mol. The largest absolute Gasteiger partial charge is 0.489 e. The van der Waals surface area contributed by atoms with Crippen molar-refractivity contribution in [3.63, 3.8) is 0 Å². The minimum absolute atomic E-state index is 0.0211. The molecule has 0 saturated heterocycles. The zero-order valence-corrected chi connectivity index (χ0v) is 19.6. The summed E-state index contributed by atoms with van der Waals surface area (Å²) in [6, 6.07) is 8.95. The van der Waals surface area contributed by atoms with Crippen molar-refractivity contribution in [1.29, 1.82) is 0 Å². The average molecular weight is 507 g/mol. The Labute approximate surface area is 214 Å². The van der Waals surface area contributed by atoms with E-state index in [1.165, 1.54) is 18.2 Å². The summed E-state index contributed by atoms with van der Waals surface area (Å²) in [7, 11) is 0. The molecule has 1 aliphatic carbocycles. The number of hydrogen-bond acceptors (Lipinski definition) is 6. The quantitative estimate of drug-likeness (QED) is 0.447. The fourth-order valence-corrected chi connectivity index (χ4v) is 5.81. The van der Waals surface area contributed by atoms with Crippen LogP contribution in [-0.4, -0.2) is 45.6 Å². The maximum absolute atomic E-state index is 13.6. The Morgan fingerprint density at radius 3 is 2.95 bits per heavy atom. The molecular weight excluding hydrogens is 480 g/mol. The van der Waals surface area contributed by atoms with E-state index in [2.05, 4.69) is 10.1 Å². The van der Waals surface area contributed by atoms with E-state index < -0.39 is 37.0 Å². The number of ether oxygens (including phenoxy) is 2. The van der Waals surface area contributed by atoms with Crippen molar-refractivity contribution < 1.29 is 27.2 Å². The number of carbonyl (C=O) groups excluding carboxylic acids is 1. The molecule has 0 radical (unpaired) electrons. The van der Waals surface area contributed by atoms with Crippen LogP contribution in [0.5, 0.6) is 11.5 Å². The summed E-state index contributed by atoms with van der Waals surface area (Å²) in [4.78, 5) is 19.0. The minimum atomic E-state index is -3.12. The van der Waals surface area contributed by atoms with Gasteiger partial charge < -0.3 is 20.1 Å². The lowest BCUT2D eigenvalue weighted by Gasteiger charge is -2.23. The predicted octanol–water partition coefficient (Wildman–Crippen LogP) is 4.23. The number of halogens is 2. The van der Waals surface area contributed by atoms with Gasteiger partial charge in [-0.05, 0) is 49.2 Å². The number of fused-ring (bicyclic) bond motifs is 10. The van der Waals surface area contributed by atoms with E-state index in [0.717, 1.165) is 16.0 Å². The maximum atomic E-state index is 13.6. The van der Waals surface area contributed by atoms with Gasteiger partial charge in [0.15, 0.2) is 0 Å². The van der Waals surface area contributed by atoms with Crippen LogP contribution < -0.4 is 15.2 Å². The Bertz CT molecular complexity index is 1720. The number of nitrogens with zero attached hydrogens (tertiary/aromatic N) is 4. The molecule has 188 valence electrons. The second-order valence-corrected chi connectivity index (χ2v) is 9.90. The highest BCUT2D eigenvalue weighted by molar-refractivity contribution is 5.98. The lowest BCUT2D eigenvalue weighted by molar-refractivity contribution is -0.0505. The van der Waals surface area contributed by atoms with Crippen LogP contribution in [0.25, 0.3) is 16.6 Å². The van der Waals surface area contributed by atoms with E-state index in [1.807, 2.05) is 25.1 Å². The van der Waals surface area contributed by atoms with E-state index in [1.54, 1.807) is 16.9 Å². The molecule has 1 aromatic carbocycles. The van der Waals surface area contributed by atoms with E-state index in [9.17, 15) is 13.6 Å². The molecule has 1 amide bonds. The molecule has 3 aliphatic rings. The zero-order chi connectivity index (χ0) is 28.1. The van der Waals surface area contributed by atoms with E-state index >= 15 is 0 Å². The Kier molecular flexibility index (Phi) is 3.87. The van der Waals surface area contributed by atoms with Crippen molar-refractivity contribution in [1.82, 2.24) is 19.5 Å². The third-order valence-electron chi connectivity index (χ3n) is 7.47. The summed E-state index contributed by atoms with van der Waals surface area (Å²) in [5.74, 6) is -0.941. The third kappa shape index (κ3) is 3.11. The Hall–Kier alpha value is -4.05. The second kappa shape index (κ2) is 7.48. The van der Waals surface area contributed by atoms with Crippen LogP contribution >= 0.6 is 0 Å². The fourth-order valence-electron chi connectivity index (χ4n) is 5.81. The number of carbonyl (C=O) groups is 1. The lowest BCUT2D eigenvalue weighted by Crippen LogP contribution is -2.35. The first-order valence-electron chi connectivity index (χ1n) is 13.3. The highest BCUT2D eigenvalue weighted by Crippen LogP contribution is 2.53. The van der Waals surface area contributed by atoms with Gasteiger partial charge in [-0.3, -0.25) is 9.78 Å².